The summed E-state index contributed by atoms with van der Waals surface area (Å²) in [7, 11) is 1.55. The molecule has 0 fully saturated rings. The van der Waals surface area contributed by atoms with Gasteiger partial charge in [0.2, 0.25) is 5.91 Å². The second-order valence-electron chi connectivity index (χ2n) is 6.60. The van der Waals surface area contributed by atoms with Crippen molar-refractivity contribution >= 4 is 5.91 Å². The highest BCUT2D eigenvalue weighted by Crippen LogP contribution is 2.30. The van der Waals surface area contributed by atoms with Gasteiger partial charge in [0.1, 0.15) is 12.4 Å². The summed E-state index contributed by atoms with van der Waals surface area (Å²) in [5.41, 5.74) is 2.35. The van der Waals surface area contributed by atoms with E-state index in [1.54, 1.807) is 55.6 Å². The van der Waals surface area contributed by atoms with Gasteiger partial charge in [0.05, 0.1) is 7.11 Å². The van der Waals surface area contributed by atoms with Crippen LogP contribution in [0.15, 0.2) is 67.0 Å². The van der Waals surface area contributed by atoms with E-state index in [-0.39, 0.29) is 18.3 Å². The quantitative estimate of drug-likeness (QED) is 0.570. The summed E-state index contributed by atoms with van der Waals surface area (Å²) in [5, 5.41) is 0. The number of carbonyl (C=O) groups excluding carboxylic acids is 1. The fourth-order valence-electron chi connectivity index (χ4n) is 2.91. The lowest BCUT2D eigenvalue weighted by Gasteiger charge is -2.22. The van der Waals surface area contributed by atoms with Crippen molar-refractivity contribution in [2.75, 3.05) is 7.11 Å². The summed E-state index contributed by atoms with van der Waals surface area (Å²) in [6.07, 6.45) is 3.41. The Morgan fingerprint density at radius 3 is 2.41 bits per heavy atom. The van der Waals surface area contributed by atoms with E-state index in [9.17, 15) is 9.18 Å². The maximum absolute atomic E-state index is 13.9. The molecule has 0 spiro atoms. The molecule has 0 unspecified atom stereocenters. The number of halogens is 1. The standard InChI is InChI=1S/C23H23FN2O3/c1-17(27)26(14-18-9-11-25-12-10-18)15-19-7-8-22(28-2)23(13-19)29-16-20-5-3-4-6-21(20)24/h3-13H,14-16H2,1-2H3. The van der Waals surface area contributed by atoms with Crippen LogP contribution in [0.4, 0.5) is 4.39 Å². The summed E-state index contributed by atoms with van der Waals surface area (Å²) in [6.45, 7) is 2.52. The van der Waals surface area contributed by atoms with Crippen molar-refractivity contribution in [2.24, 2.45) is 0 Å². The average Bonchev–Trinajstić information content (AvgIpc) is 2.73. The van der Waals surface area contributed by atoms with Crippen molar-refractivity contribution < 1.29 is 18.7 Å². The Morgan fingerprint density at radius 2 is 1.72 bits per heavy atom. The predicted molar refractivity (Wildman–Crippen MR) is 108 cm³/mol. The number of benzene rings is 2. The molecule has 0 aliphatic heterocycles. The van der Waals surface area contributed by atoms with Crippen molar-refractivity contribution in [3.05, 3.63) is 89.5 Å². The van der Waals surface area contributed by atoms with E-state index in [2.05, 4.69) is 4.98 Å². The van der Waals surface area contributed by atoms with Crippen molar-refractivity contribution in [3.8, 4) is 11.5 Å². The molecule has 0 aliphatic carbocycles. The van der Waals surface area contributed by atoms with Gasteiger partial charge in [-0.3, -0.25) is 9.78 Å². The Kier molecular flexibility index (Phi) is 6.79. The van der Waals surface area contributed by atoms with Crippen LogP contribution in [0.5, 0.6) is 11.5 Å². The Bertz CT molecular complexity index is 963. The molecule has 0 N–H and O–H groups in total. The van der Waals surface area contributed by atoms with Gasteiger partial charge in [-0.1, -0.05) is 24.3 Å². The van der Waals surface area contributed by atoms with Crippen molar-refractivity contribution in [2.45, 2.75) is 26.6 Å². The number of hydrogen-bond acceptors (Lipinski definition) is 4. The van der Waals surface area contributed by atoms with Gasteiger partial charge in [-0.15, -0.1) is 0 Å². The van der Waals surface area contributed by atoms with Gasteiger partial charge < -0.3 is 14.4 Å². The summed E-state index contributed by atoms with van der Waals surface area (Å²) in [4.78, 5) is 17.9. The van der Waals surface area contributed by atoms with Crippen LogP contribution in [0.1, 0.15) is 23.6 Å². The van der Waals surface area contributed by atoms with Crippen LogP contribution in [0.2, 0.25) is 0 Å². The van der Waals surface area contributed by atoms with Crippen LogP contribution < -0.4 is 9.47 Å². The number of rotatable bonds is 8. The van der Waals surface area contributed by atoms with Crippen molar-refractivity contribution in [1.29, 1.82) is 0 Å². The van der Waals surface area contributed by atoms with Gasteiger partial charge in [0.15, 0.2) is 11.5 Å². The Morgan fingerprint density at radius 1 is 1.00 bits per heavy atom. The first-order valence-electron chi connectivity index (χ1n) is 9.24. The summed E-state index contributed by atoms with van der Waals surface area (Å²) in [5.74, 6) is 0.698. The van der Waals surface area contributed by atoms with Crippen LogP contribution in [0.3, 0.4) is 0 Å². The second kappa shape index (κ2) is 9.68. The minimum absolute atomic E-state index is 0.0357. The number of amides is 1. The zero-order valence-corrected chi connectivity index (χ0v) is 16.5. The molecular formula is C23H23FN2O3. The van der Waals surface area contributed by atoms with Gasteiger partial charge >= 0.3 is 0 Å². The molecular weight excluding hydrogens is 371 g/mol. The van der Waals surface area contributed by atoms with Gasteiger partial charge in [-0.25, -0.2) is 4.39 Å². The van der Waals surface area contributed by atoms with Crippen LogP contribution >= 0.6 is 0 Å². The SMILES string of the molecule is COc1ccc(CN(Cc2ccncc2)C(C)=O)cc1OCc1ccccc1F. The second-order valence-corrected chi connectivity index (χ2v) is 6.60. The molecule has 0 atom stereocenters. The highest BCUT2D eigenvalue weighted by molar-refractivity contribution is 5.73. The first kappa shape index (κ1) is 20.3. The van der Waals surface area contributed by atoms with Gasteiger partial charge in [0, 0.05) is 38.0 Å². The lowest BCUT2D eigenvalue weighted by atomic mass is 10.1. The molecule has 5 nitrogen and oxygen atoms in total. The Labute approximate surface area is 169 Å². The zero-order chi connectivity index (χ0) is 20.6. The van der Waals surface area contributed by atoms with E-state index in [0.29, 0.717) is 30.2 Å². The number of hydrogen-bond donors (Lipinski definition) is 0. The highest BCUT2D eigenvalue weighted by atomic mass is 19.1. The first-order valence-corrected chi connectivity index (χ1v) is 9.24. The molecule has 1 amide bonds. The third-order valence-electron chi connectivity index (χ3n) is 4.51. The molecule has 0 saturated heterocycles. The molecule has 1 aromatic heterocycles. The lowest BCUT2D eigenvalue weighted by molar-refractivity contribution is -0.130. The maximum Gasteiger partial charge on any atom is 0.220 e. The third-order valence-corrected chi connectivity index (χ3v) is 4.51. The fourth-order valence-corrected chi connectivity index (χ4v) is 2.91. The smallest absolute Gasteiger partial charge is 0.220 e. The van der Waals surface area contributed by atoms with Gasteiger partial charge in [-0.2, -0.15) is 0 Å². The minimum atomic E-state index is -0.317. The molecule has 2 aromatic carbocycles. The third kappa shape index (κ3) is 5.54. The molecule has 0 saturated carbocycles. The maximum atomic E-state index is 13.9. The molecule has 150 valence electrons. The van der Waals surface area contributed by atoms with E-state index in [1.165, 1.54) is 6.07 Å². The summed E-state index contributed by atoms with van der Waals surface area (Å²) < 4.78 is 25.0. The van der Waals surface area contributed by atoms with E-state index >= 15 is 0 Å². The van der Waals surface area contributed by atoms with Crippen LogP contribution in [0.25, 0.3) is 0 Å². The van der Waals surface area contributed by atoms with Gasteiger partial charge in [-0.05, 0) is 41.5 Å². The number of pyridine rings is 1. The largest absolute Gasteiger partial charge is 0.493 e. The molecule has 1 heterocycles. The van der Waals surface area contributed by atoms with E-state index in [0.717, 1.165) is 11.1 Å². The van der Waals surface area contributed by atoms with E-state index < -0.39 is 0 Å². The predicted octanol–water partition coefficient (Wildman–Crippen LogP) is 4.36. The highest BCUT2D eigenvalue weighted by Gasteiger charge is 2.13. The summed E-state index contributed by atoms with van der Waals surface area (Å²) >= 11 is 0. The molecule has 0 radical (unpaired) electrons. The lowest BCUT2D eigenvalue weighted by Crippen LogP contribution is -2.27. The molecule has 0 bridgehead atoms. The molecule has 3 aromatic rings. The Hall–Kier alpha value is -3.41. The Balaban J connectivity index is 1.76. The number of methoxy groups -OCH3 is 1. The topological polar surface area (TPSA) is 51.7 Å². The number of aromatic nitrogens is 1. The number of carbonyl (C=O) groups is 1. The van der Waals surface area contributed by atoms with E-state index in [4.69, 9.17) is 9.47 Å². The monoisotopic (exact) mass is 394 g/mol. The first-order chi connectivity index (χ1) is 14.1. The van der Waals surface area contributed by atoms with E-state index in [1.807, 2.05) is 24.3 Å². The minimum Gasteiger partial charge on any atom is -0.493 e. The molecule has 6 heteroatoms. The average molecular weight is 394 g/mol. The number of ether oxygens (including phenoxy) is 2. The van der Waals surface area contributed by atoms with Crippen molar-refractivity contribution in [1.82, 2.24) is 9.88 Å². The molecule has 0 aliphatic rings. The molecule has 3 rings (SSSR count). The summed E-state index contributed by atoms with van der Waals surface area (Å²) in [6, 6.07) is 15.7. The normalized spacial score (nSPS) is 10.4. The van der Waals surface area contributed by atoms with Crippen LogP contribution in [0, 0.1) is 5.82 Å². The van der Waals surface area contributed by atoms with Gasteiger partial charge in [0.25, 0.3) is 0 Å². The number of nitrogens with zero attached hydrogens (tertiary/aromatic N) is 2. The fraction of sp³-hybridized carbons (Fsp3) is 0.217. The van der Waals surface area contributed by atoms with Crippen LogP contribution in [-0.2, 0) is 24.5 Å². The van der Waals surface area contributed by atoms with Crippen molar-refractivity contribution in [3.63, 3.8) is 0 Å². The zero-order valence-electron chi connectivity index (χ0n) is 16.5. The molecule has 29 heavy (non-hydrogen) atoms. The van der Waals surface area contributed by atoms with Crippen LogP contribution in [-0.4, -0.2) is 22.9 Å².